The zero-order valence-electron chi connectivity index (χ0n) is 6.85. The van der Waals surface area contributed by atoms with Crippen LogP contribution in [0.25, 0.3) is 6.08 Å². The van der Waals surface area contributed by atoms with Crippen LogP contribution in [0, 0.1) is 11.6 Å². The number of hydrogen-bond donors (Lipinski definition) is 0. The summed E-state index contributed by atoms with van der Waals surface area (Å²) in [4.78, 5) is 0. The van der Waals surface area contributed by atoms with E-state index >= 15 is 0 Å². The molecule has 0 aliphatic heterocycles. The van der Waals surface area contributed by atoms with Gasteiger partial charge in [0.2, 0.25) is 0 Å². The highest BCUT2D eigenvalue weighted by molar-refractivity contribution is 6.64. The monoisotopic (exact) mass is 207 g/mol. The number of halogens is 5. The van der Waals surface area contributed by atoms with Crippen molar-refractivity contribution >= 4 is 13.1 Å². The molecule has 0 bridgehead atoms. The summed E-state index contributed by atoms with van der Waals surface area (Å²) in [6.07, 6.45) is 0.697. The third-order valence-corrected chi connectivity index (χ3v) is 1.45. The van der Waals surface area contributed by atoms with Gasteiger partial charge >= 0.3 is 6.98 Å². The number of rotatable bonds is 2. The van der Waals surface area contributed by atoms with Crippen molar-refractivity contribution < 1.29 is 21.7 Å². The third-order valence-electron chi connectivity index (χ3n) is 1.45. The molecular formula is C8H5BF5-. The summed E-state index contributed by atoms with van der Waals surface area (Å²) in [5.74, 6) is -2.23. The van der Waals surface area contributed by atoms with Gasteiger partial charge in [0.25, 0.3) is 0 Å². The summed E-state index contributed by atoms with van der Waals surface area (Å²) in [6.45, 7) is -5.04. The maximum Gasteiger partial charge on any atom is 0.502 e. The first kappa shape index (κ1) is 10.8. The van der Waals surface area contributed by atoms with Crippen molar-refractivity contribution in [3.05, 3.63) is 41.4 Å². The summed E-state index contributed by atoms with van der Waals surface area (Å²) >= 11 is 0. The van der Waals surface area contributed by atoms with Crippen LogP contribution in [0.2, 0.25) is 0 Å². The Bertz CT molecular complexity index is 355. The molecule has 1 aromatic rings. The third kappa shape index (κ3) is 3.20. The Balaban J connectivity index is 2.89. The molecule has 0 spiro atoms. The van der Waals surface area contributed by atoms with E-state index in [-0.39, 0.29) is 11.5 Å². The molecule has 0 saturated carbocycles. The molecule has 0 fully saturated rings. The summed E-state index contributed by atoms with van der Waals surface area (Å²) in [5.41, 5.74) is -0.0249. The van der Waals surface area contributed by atoms with Crippen LogP contribution < -0.4 is 0 Å². The minimum absolute atomic E-state index is 0.0205. The normalized spacial score (nSPS) is 12.4. The van der Waals surface area contributed by atoms with Gasteiger partial charge in [-0.1, -0.05) is 12.1 Å². The van der Waals surface area contributed by atoms with E-state index in [4.69, 9.17) is 0 Å². The highest BCUT2D eigenvalue weighted by atomic mass is 19.4. The lowest BCUT2D eigenvalue weighted by molar-refractivity contribution is 0.499. The topological polar surface area (TPSA) is 0 Å². The first-order chi connectivity index (χ1) is 6.38. The van der Waals surface area contributed by atoms with Gasteiger partial charge in [0.05, 0.1) is 0 Å². The van der Waals surface area contributed by atoms with E-state index in [0.717, 1.165) is 12.1 Å². The van der Waals surface area contributed by atoms with Crippen molar-refractivity contribution in [2.24, 2.45) is 0 Å². The molecular weight excluding hydrogens is 202 g/mol. The van der Waals surface area contributed by atoms with Gasteiger partial charge in [0, 0.05) is 0 Å². The molecule has 0 aromatic heterocycles. The van der Waals surface area contributed by atoms with Gasteiger partial charge < -0.3 is 12.9 Å². The van der Waals surface area contributed by atoms with Gasteiger partial charge in [-0.15, -0.1) is 5.98 Å². The Morgan fingerprint density at radius 3 is 2.14 bits per heavy atom. The maximum absolute atomic E-state index is 12.5. The van der Waals surface area contributed by atoms with Crippen LogP contribution in [0.4, 0.5) is 21.7 Å². The molecule has 76 valence electrons. The van der Waals surface area contributed by atoms with Crippen LogP contribution >= 0.6 is 0 Å². The Hall–Kier alpha value is -1.33. The van der Waals surface area contributed by atoms with Crippen molar-refractivity contribution in [2.45, 2.75) is 0 Å². The lowest BCUT2D eigenvalue weighted by atomic mass is 9.90. The molecule has 1 aromatic carbocycles. The average Bonchev–Trinajstić information content (AvgIpc) is 2.06. The highest BCUT2D eigenvalue weighted by Gasteiger charge is 2.17. The standard InChI is InChI=1S/C8H5BF5/c10-7-2-1-6(5-8(7)11)3-4-9(12,13)14/h1-5H/q-1/b4-3+. The predicted molar refractivity (Wildman–Crippen MR) is 44.5 cm³/mol. The summed E-state index contributed by atoms with van der Waals surface area (Å²) in [6, 6.07) is 2.54. The number of hydrogen-bond acceptors (Lipinski definition) is 0. The molecule has 0 aliphatic carbocycles. The number of benzene rings is 1. The quantitative estimate of drug-likeness (QED) is 0.515. The van der Waals surface area contributed by atoms with E-state index in [0.29, 0.717) is 12.1 Å². The largest absolute Gasteiger partial charge is 0.502 e. The fourth-order valence-electron chi connectivity index (χ4n) is 0.836. The molecule has 0 nitrogen and oxygen atoms in total. The molecule has 0 radical (unpaired) electrons. The van der Waals surface area contributed by atoms with Gasteiger partial charge in [0.1, 0.15) is 0 Å². The van der Waals surface area contributed by atoms with E-state index in [1.165, 1.54) is 0 Å². The molecule has 0 saturated heterocycles. The second kappa shape index (κ2) is 3.81. The van der Waals surface area contributed by atoms with Crippen molar-refractivity contribution in [3.63, 3.8) is 0 Å². The Labute approximate surface area is 77.1 Å². The molecule has 0 aliphatic rings. The van der Waals surface area contributed by atoms with Crippen molar-refractivity contribution in [2.75, 3.05) is 0 Å². The van der Waals surface area contributed by atoms with Crippen LogP contribution in [-0.4, -0.2) is 6.98 Å². The van der Waals surface area contributed by atoms with Gasteiger partial charge in [-0.25, -0.2) is 8.78 Å². The minimum Gasteiger partial charge on any atom is -0.445 e. The average molecular weight is 207 g/mol. The molecule has 14 heavy (non-hydrogen) atoms. The zero-order valence-corrected chi connectivity index (χ0v) is 6.85. The van der Waals surface area contributed by atoms with Crippen LogP contribution in [0.15, 0.2) is 24.2 Å². The van der Waals surface area contributed by atoms with Crippen LogP contribution in [0.1, 0.15) is 5.56 Å². The van der Waals surface area contributed by atoms with Gasteiger partial charge in [-0.2, -0.15) is 0 Å². The molecule has 0 heterocycles. The van der Waals surface area contributed by atoms with Gasteiger partial charge in [-0.3, -0.25) is 0 Å². The van der Waals surface area contributed by atoms with Crippen LogP contribution in [-0.2, 0) is 0 Å². The Morgan fingerprint density at radius 2 is 1.64 bits per heavy atom. The van der Waals surface area contributed by atoms with E-state index in [2.05, 4.69) is 0 Å². The summed E-state index contributed by atoms with van der Waals surface area (Å²) in [7, 11) is 0. The van der Waals surface area contributed by atoms with Crippen molar-refractivity contribution in [1.82, 2.24) is 0 Å². The smallest absolute Gasteiger partial charge is 0.445 e. The first-order valence-electron chi connectivity index (χ1n) is 3.73. The highest BCUT2D eigenvalue weighted by Crippen LogP contribution is 2.14. The molecule has 0 amide bonds. The Kier molecular flexibility index (Phi) is 2.93. The van der Waals surface area contributed by atoms with E-state index < -0.39 is 18.6 Å². The lowest BCUT2D eigenvalue weighted by Crippen LogP contribution is -2.09. The van der Waals surface area contributed by atoms with E-state index in [1.807, 2.05) is 0 Å². The van der Waals surface area contributed by atoms with Crippen molar-refractivity contribution in [1.29, 1.82) is 0 Å². The maximum atomic E-state index is 12.5. The fraction of sp³-hybridized carbons (Fsp3) is 0. The minimum atomic E-state index is -5.04. The first-order valence-corrected chi connectivity index (χ1v) is 3.73. The zero-order chi connectivity index (χ0) is 10.8. The van der Waals surface area contributed by atoms with Gasteiger partial charge in [0.15, 0.2) is 11.6 Å². The molecule has 0 N–H and O–H groups in total. The summed E-state index contributed by atoms with van der Waals surface area (Å²) < 4.78 is 60.1. The lowest BCUT2D eigenvalue weighted by Gasteiger charge is -2.06. The van der Waals surface area contributed by atoms with Crippen LogP contribution in [0.3, 0.4) is 0 Å². The summed E-state index contributed by atoms with van der Waals surface area (Å²) in [5, 5.41) is 0. The Morgan fingerprint density at radius 1 is 1.00 bits per heavy atom. The SMILES string of the molecule is Fc1ccc(/C=C/[B-](F)(F)F)cc1F. The van der Waals surface area contributed by atoms with E-state index in [9.17, 15) is 21.7 Å². The molecule has 0 unspecified atom stereocenters. The second-order valence-corrected chi connectivity index (χ2v) is 2.66. The predicted octanol–water partition coefficient (Wildman–Crippen LogP) is 3.36. The fourth-order valence-corrected chi connectivity index (χ4v) is 0.836. The van der Waals surface area contributed by atoms with E-state index in [1.54, 1.807) is 0 Å². The molecule has 0 atom stereocenters. The molecule has 6 heteroatoms. The van der Waals surface area contributed by atoms with Crippen LogP contribution in [0.5, 0.6) is 0 Å². The van der Waals surface area contributed by atoms with Crippen molar-refractivity contribution in [3.8, 4) is 0 Å². The van der Waals surface area contributed by atoms with Gasteiger partial charge in [-0.05, 0) is 17.7 Å². The molecule has 1 rings (SSSR count). The second-order valence-electron chi connectivity index (χ2n) is 2.66.